The molecule has 6 heteroatoms. The lowest BCUT2D eigenvalue weighted by molar-refractivity contribution is -0.274. The molecule has 2 aromatic rings. The number of piperidine rings is 1. The molecular weight excluding hydrogens is 329 g/mol. The van der Waals surface area contributed by atoms with Gasteiger partial charge in [-0.1, -0.05) is 12.0 Å². The highest BCUT2D eigenvalue weighted by Gasteiger charge is 2.59. The highest BCUT2D eigenvalue weighted by molar-refractivity contribution is 5.53. The summed E-state index contributed by atoms with van der Waals surface area (Å²) in [7, 11) is 0. The molecule has 0 amide bonds. The Labute approximate surface area is 143 Å². The van der Waals surface area contributed by atoms with Crippen molar-refractivity contribution in [2.24, 2.45) is 11.3 Å². The number of nitrogens with zero attached hydrogens (tertiary/aromatic N) is 2. The minimum absolute atomic E-state index is 0.0152. The second-order valence-electron chi connectivity index (χ2n) is 6.44. The molecule has 25 heavy (non-hydrogen) atoms. The Balaban J connectivity index is 1.44. The van der Waals surface area contributed by atoms with Gasteiger partial charge in [0.2, 0.25) is 0 Å². The predicted octanol–water partition coefficient (Wildman–Crippen LogP) is 3.86. The van der Waals surface area contributed by atoms with Gasteiger partial charge in [-0.05, 0) is 54.7 Å². The van der Waals surface area contributed by atoms with Crippen molar-refractivity contribution in [3.8, 4) is 17.6 Å². The standard InChI is InChI=1S/C19H15F3N2O/c20-19(21,22)25-17-6-4-16(5-7-17)24-12-14-11-18(14,13-24)9-8-15-3-1-2-10-23-15/h1-7,10,14H,11-13H2. The Morgan fingerprint density at radius 1 is 1.16 bits per heavy atom. The fourth-order valence-corrected chi connectivity index (χ4v) is 3.36. The normalized spacial score (nSPS) is 24.3. The number of rotatable bonds is 2. The first-order valence-corrected chi connectivity index (χ1v) is 7.99. The fraction of sp³-hybridized carbons (Fsp3) is 0.316. The number of halogens is 3. The van der Waals surface area contributed by atoms with Gasteiger partial charge in [0.1, 0.15) is 11.4 Å². The zero-order valence-corrected chi connectivity index (χ0v) is 13.3. The highest BCUT2D eigenvalue weighted by atomic mass is 19.4. The molecule has 0 spiro atoms. The van der Waals surface area contributed by atoms with Gasteiger partial charge >= 0.3 is 6.36 Å². The van der Waals surface area contributed by atoms with Crippen molar-refractivity contribution in [3.63, 3.8) is 0 Å². The molecule has 2 aliphatic rings. The van der Waals surface area contributed by atoms with Crippen LogP contribution in [0.2, 0.25) is 0 Å². The molecule has 1 aliphatic heterocycles. The van der Waals surface area contributed by atoms with Crippen LogP contribution in [0.15, 0.2) is 48.7 Å². The van der Waals surface area contributed by atoms with E-state index in [1.54, 1.807) is 18.3 Å². The number of benzene rings is 1. The third-order valence-electron chi connectivity index (χ3n) is 4.69. The van der Waals surface area contributed by atoms with Crippen molar-refractivity contribution < 1.29 is 17.9 Å². The smallest absolute Gasteiger partial charge is 0.406 e. The first kappa shape index (κ1) is 15.8. The lowest BCUT2D eigenvalue weighted by atomic mass is 10.1. The van der Waals surface area contributed by atoms with Crippen molar-refractivity contribution in [3.05, 3.63) is 54.4 Å². The SMILES string of the molecule is FC(F)(F)Oc1ccc(N2CC3CC3(C#Cc3ccccn3)C2)cc1. The quantitative estimate of drug-likeness (QED) is 0.774. The van der Waals surface area contributed by atoms with Crippen molar-refractivity contribution >= 4 is 5.69 Å². The van der Waals surface area contributed by atoms with E-state index in [1.807, 2.05) is 18.2 Å². The summed E-state index contributed by atoms with van der Waals surface area (Å²) < 4.78 is 40.6. The van der Waals surface area contributed by atoms with E-state index in [-0.39, 0.29) is 11.2 Å². The average Bonchev–Trinajstić information content (AvgIpc) is 3.14. The van der Waals surface area contributed by atoms with E-state index >= 15 is 0 Å². The molecule has 1 saturated carbocycles. The zero-order valence-electron chi connectivity index (χ0n) is 13.3. The van der Waals surface area contributed by atoms with E-state index in [2.05, 4.69) is 26.5 Å². The maximum absolute atomic E-state index is 12.2. The Morgan fingerprint density at radius 3 is 2.64 bits per heavy atom. The maximum Gasteiger partial charge on any atom is 0.573 e. The van der Waals surface area contributed by atoms with E-state index < -0.39 is 6.36 Å². The topological polar surface area (TPSA) is 25.4 Å². The number of ether oxygens (including phenoxy) is 1. The van der Waals surface area contributed by atoms with Gasteiger partial charge in [-0.25, -0.2) is 4.98 Å². The number of fused-ring (bicyclic) bond motifs is 1. The third kappa shape index (κ3) is 3.41. The van der Waals surface area contributed by atoms with Crippen LogP contribution in [0.3, 0.4) is 0 Å². The minimum Gasteiger partial charge on any atom is -0.406 e. The average molecular weight is 344 g/mol. The molecule has 128 valence electrons. The van der Waals surface area contributed by atoms with Crippen molar-refractivity contribution in [2.75, 3.05) is 18.0 Å². The summed E-state index contributed by atoms with van der Waals surface area (Å²) >= 11 is 0. The largest absolute Gasteiger partial charge is 0.573 e. The van der Waals surface area contributed by atoms with Crippen LogP contribution in [0.5, 0.6) is 5.75 Å². The van der Waals surface area contributed by atoms with Crippen LogP contribution in [0.25, 0.3) is 0 Å². The summed E-state index contributed by atoms with van der Waals surface area (Å²) in [6, 6.07) is 11.7. The van der Waals surface area contributed by atoms with Crippen LogP contribution in [0.1, 0.15) is 12.1 Å². The first-order chi connectivity index (χ1) is 11.9. The molecule has 1 aliphatic carbocycles. The minimum atomic E-state index is -4.66. The molecule has 1 saturated heterocycles. The Kier molecular flexibility index (Phi) is 3.60. The lowest BCUT2D eigenvalue weighted by Gasteiger charge is -2.21. The molecule has 2 heterocycles. The molecule has 1 aromatic carbocycles. The number of hydrogen-bond acceptors (Lipinski definition) is 3. The van der Waals surface area contributed by atoms with Crippen LogP contribution in [0.4, 0.5) is 18.9 Å². The van der Waals surface area contributed by atoms with Gasteiger partial charge in [-0.2, -0.15) is 0 Å². The van der Waals surface area contributed by atoms with E-state index in [9.17, 15) is 13.2 Å². The fourth-order valence-electron chi connectivity index (χ4n) is 3.36. The molecule has 0 radical (unpaired) electrons. The summed E-state index contributed by atoms with van der Waals surface area (Å²) in [5.41, 5.74) is 1.63. The van der Waals surface area contributed by atoms with Gasteiger partial charge in [0.15, 0.2) is 0 Å². The van der Waals surface area contributed by atoms with Gasteiger partial charge in [0.05, 0.1) is 5.41 Å². The lowest BCUT2D eigenvalue weighted by Crippen LogP contribution is -2.24. The summed E-state index contributed by atoms with van der Waals surface area (Å²) in [5, 5.41) is 0. The molecule has 2 atom stereocenters. The summed E-state index contributed by atoms with van der Waals surface area (Å²) in [5.74, 6) is 6.81. The van der Waals surface area contributed by atoms with E-state index in [4.69, 9.17) is 0 Å². The Morgan fingerprint density at radius 2 is 1.96 bits per heavy atom. The van der Waals surface area contributed by atoms with Crippen LogP contribution in [-0.2, 0) is 0 Å². The predicted molar refractivity (Wildman–Crippen MR) is 87.0 cm³/mol. The van der Waals surface area contributed by atoms with Crippen LogP contribution in [-0.4, -0.2) is 24.4 Å². The van der Waals surface area contributed by atoms with Gasteiger partial charge in [-0.3, -0.25) is 0 Å². The molecule has 2 fully saturated rings. The Bertz CT molecular complexity index is 824. The number of pyridine rings is 1. The molecule has 0 N–H and O–H groups in total. The molecule has 2 unspecified atom stereocenters. The van der Waals surface area contributed by atoms with Crippen LogP contribution < -0.4 is 9.64 Å². The van der Waals surface area contributed by atoms with Crippen molar-refractivity contribution in [1.82, 2.24) is 4.98 Å². The number of hydrogen-bond donors (Lipinski definition) is 0. The van der Waals surface area contributed by atoms with Gasteiger partial charge < -0.3 is 9.64 Å². The summed E-state index contributed by atoms with van der Waals surface area (Å²) in [4.78, 5) is 6.38. The number of aromatic nitrogens is 1. The highest BCUT2D eigenvalue weighted by Crippen LogP contribution is 2.58. The van der Waals surface area contributed by atoms with E-state index in [0.717, 1.165) is 30.9 Å². The number of alkyl halides is 3. The Hall–Kier alpha value is -2.68. The second kappa shape index (κ2) is 5.69. The van der Waals surface area contributed by atoms with Gasteiger partial charge in [-0.15, -0.1) is 13.2 Å². The number of anilines is 1. The van der Waals surface area contributed by atoms with Gasteiger partial charge in [0.25, 0.3) is 0 Å². The first-order valence-electron chi connectivity index (χ1n) is 7.99. The summed E-state index contributed by atoms with van der Waals surface area (Å²) in [6.07, 6.45) is -1.88. The van der Waals surface area contributed by atoms with Crippen molar-refractivity contribution in [1.29, 1.82) is 0 Å². The molecule has 4 rings (SSSR count). The van der Waals surface area contributed by atoms with E-state index in [0.29, 0.717) is 5.92 Å². The monoisotopic (exact) mass is 344 g/mol. The zero-order chi connectivity index (χ0) is 17.5. The summed E-state index contributed by atoms with van der Waals surface area (Å²) in [6.45, 7) is 1.66. The molecule has 3 nitrogen and oxygen atoms in total. The van der Waals surface area contributed by atoms with Crippen molar-refractivity contribution in [2.45, 2.75) is 12.8 Å². The van der Waals surface area contributed by atoms with E-state index in [1.165, 1.54) is 12.1 Å². The third-order valence-corrected chi connectivity index (χ3v) is 4.69. The van der Waals surface area contributed by atoms with Crippen LogP contribution >= 0.6 is 0 Å². The van der Waals surface area contributed by atoms with Gasteiger partial charge in [0, 0.05) is 25.0 Å². The van der Waals surface area contributed by atoms with Crippen LogP contribution in [0, 0.1) is 23.2 Å². The molecular formula is C19H15F3N2O. The second-order valence-corrected chi connectivity index (χ2v) is 6.44. The maximum atomic E-state index is 12.2. The molecule has 1 aromatic heterocycles. The molecule has 0 bridgehead atoms.